The highest BCUT2D eigenvalue weighted by atomic mass is 16.5. The molecule has 1 N–H and O–H groups in total. The van der Waals surface area contributed by atoms with Crippen molar-refractivity contribution in [3.8, 4) is 28.7 Å². The first-order valence-corrected chi connectivity index (χ1v) is 5.79. The second-order valence-corrected chi connectivity index (χ2v) is 4.16. The van der Waals surface area contributed by atoms with Crippen LogP contribution in [0.15, 0.2) is 47.1 Å². The zero-order valence-electron chi connectivity index (χ0n) is 10.2. The van der Waals surface area contributed by atoms with Crippen LogP contribution >= 0.6 is 0 Å². The Morgan fingerprint density at radius 3 is 2.79 bits per heavy atom. The fraction of sp³-hybridized carbons (Fsp3) is 0.0714. The standard InChI is InChI=1S/C14H11N3O2/c1-9-6-7-15-11(8-9)13-16-14(19-17-13)10-4-2-3-5-12(10)18/h2-8,18H,1H3. The maximum Gasteiger partial charge on any atom is 0.262 e. The predicted octanol–water partition coefficient (Wildman–Crippen LogP) is 2.81. The lowest BCUT2D eigenvalue weighted by molar-refractivity contribution is 0.425. The fourth-order valence-corrected chi connectivity index (χ4v) is 1.75. The fourth-order valence-electron chi connectivity index (χ4n) is 1.75. The molecule has 0 radical (unpaired) electrons. The molecular formula is C14H11N3O2. The van der Waals surface area contributed by atoms with Gasteiger partial charge >= 0.3 is 0 Å². The van der Waals surface area contributed by atoms with Crippen LogP contribution in [0.1, 0.15) is 5.56 Å². The third kappa shape index (κ3) is 2.18. The minimum absolute atomic E-state index is 0.106. The number of nitrogens with zero attached hydrogens (tertiary/aromatic N) is 3. The summed E-state index contributed by atoms with van der Waals surface area (Å²) < 4.78 is 5.16. The van der Waals surface area contributed by atoms with Crippen LogP contribution in [-0.4, -0.2) is 20.2 Å². The highest BCUT2D eigenvalue weighted by molar-refractivity contribution is 5.63. The Kier molecular flexibility index (Phi) is 2.72. The summed E-state index contributed by atoms with van der Waals surface area (Å²) >= 11 is 0. The van der Waals surface area contributed by atoms with Gasteiger partial charge in [-0.1, -0.05) is 17.3 Å². The number of aromatic hydroxyl groups is 1. The summed E-state index contributed by atoms with van der Waals surface area (Å²) in [6, 6.07) is 10.6. The van der Waals surface area contributed by atoms with Crippen LogP contribution in [0.4, 0.5) is 0 Å². The SMILES string of the molecule is Cc1ccnc(-c2noc(-c3ccccc3O)n2)c1. The molecule has 0 aliphatic carbocycles. The molecule has 0 aliphatic rings. The molecule has 2 aromatic heterocycles. The lowest BCUT2D eigenvalue weighted by Gasteiger charge is -1.96. The van der Waals surface area contributed by atoms with E-state index in [1.54, 1.807) is 30.5 Å². The van der Waals surface area contributed by atoms with Crippen LogP contribution in [0.25, 0.3) is 23.0 Å². The molecule has 3 rings (SSSR count). The number of aryl methyl sites for hydroxylation is 1. The normalized spacial score (nSPS) is 10.6. The molecule has 0 unspecified atom stereocenters. The largest absolute Gasteiger partial charge is 0.507 e. The van der Waals surface area contributed by atoms with Crippen molar-refractivity contribution < 1.29 is 9.63 Å². The zero-order chi connectivity index (χ0) is 13.2. The number of para-hydroxylation sites is 1. The molecule has 0 saturated heterocycles. The van der Waals surface area contributed by atoms with E-state index in [-0.39, 0.29) is 11.6 Å². The zero-order valence-corrected chi connectivity index (χ0v) is 10.2. The van der Waals surface area contributed by atoms with E-state index in [0.717, 1.165) is 5.56 Å². The maximum absolute atomic E-state index is 9.74. The molecule has 1 aromatic carbocycles. The number of hydrogen-bond donors (Lipinski definition) is 1. The second kappa shape index (κ2) is 4.53. The molecule has 0 bridgehead atoms. The Balaban J connectivity index is 2.03. The van der Waals surface area contributed by atoms with Crippen molar-refractivity contribution in [2.45, 2.75) is 6.92 Å². The molecule has 5 heteroatoms. The van der Waals surface area contributed by atoms with Crippen molar-refractivity contribution in [1.82, 2.24) is 15.1 Å². The van der Waals surface area contributed by atoms with E-state index < -0.39 is 0 Å². The van der Waals surface area contributed by atoms with E-state index in [1.165, 1.54) is 0 Å². The van der Waals surface area contributed by atoms with Crippen LogP contribution < -0.4 is 0 Å². The Morgan fingerprint density at radius 1 is 1.16 bits per heavy atom. The van der Waals surface area contributed by atoms with Gasteiger partial charge in [-0.2, -0.15) is 4.98 Å². The van der Waals surface area contributed by atoms with Crippen molar-refractivity contribution in [1.29, 1.82) is 0 Å². The van der Waals surface area contributed by atoms with E-state index in [2.05, 4.69) is 15.1 Å². The van der Waals surface area contributed by atoms with Gasteiger partial charge < -0.3 is 9.63 Å². The van der Waals surface area contributed by atoms with Gasteiger partial charge in [-0.15, -0.1) is 0 Å². The summed E-state index contributed by atoms with van der Waals surface area (Å²) in [5.74, 6) is 0.785. The predicted molar refractivity (Wildman–Crippen MR) is 69.4 cm³/mol. The lowest BCUT2D eigenvalue weighted by atomic mass is 10.2. The summed E-state index contributed by atoms with van der Waals surface area (Å²) in [6.45, 7) is 1.97. The molecule has 0 saturated carbocycles. The molecule has 5 nitrogen and oxygen atoms in total. The van der Waals surface area contributed by atoms with Gasteiger partial charge in [0, 0.05) is 6.20 Å². The quantitative estimate of drug-likeness (QED) is 0.760. The first-order valence-electron chi connectivity index (χ1n) is 5.79. The van der Waals surface area contributed by atoms with Crippen molar-refractivity contribution in [2.75, 3.05) is 0 Å². The average Bonchev–Trinajstić information content (AvgIpc) is 2.89. The van der Waals surface area contributed by atoms with Crippen LogP contribution in [0.2, 0.25) is 0 Å². The number of hydrogen-bond acceptors (Lipinski definition) is 5. The van der Waals surface area contributed by atoms with Crippen molar-refractivity contribution in [3.63, 3.8) is 0 Å². The molecule has 94 valence electrons. The van der Waals surface area contributed by atoms with E-state index in [0.29, 0.717) is 17.1 Å². The van der Waals surface area contributed by atoms with E-state index in [9.17, 15) is 5.11 Å². The van der Waals surface area contributed by atoms with Crippen LogP contribution in [0.5, 0.6) is 5.75 Å². The number of phenols is 1. The third-order valence-electron chi connectivity index (χ3n) is 2.71. The van der Waals surface area contributed by atoms with Gasteiger partial charge in [0.15, 0.2) is 0 Å². The molecule has 0 fully saturated rings. The van der Waals surface area contributed by atoms with Crippen LogP contribution in [0, 0.1) is 6.92 Å². The minimum atomic E-state index is 0.106. The Labute approximate surface area is 109 Å². The smallest absolute Gasteiger partial charge is 0.262 e. The summed E-state index contributed by atoms with van der Waals surface area (Å²) in [5, 5.41) is 13.6. The van der Waals surface area contributed by atoms with Gasteiger partial charge in [0.05, 0.1) is 5.56 Å². The van der Waals surface area contributed by atoms with Crippen LogP contribution in [-0.2, 0) is 0 Å². The monoisotopic (exact) mass is 253 g/mol. The summed E-state index contributed by atoms with van der Waals surface area (Å²) in [7, 11) is 0. The topological polar surface area (TPSA) is 72.0 Å². The molecular weight excluding hydrogens is 242 g/mol. The van der Waals surface area contributed by atoms with Gasteiger partial charge in [0.25, 0.3) is 5.89 Å². The van der Waals surface area contributed by atoms with Gasteiger partial charge in [-0.05, 0) is 36.8 Å². The average molecular weight is 253 g/mol. The van der Waals surface area contributed by atoms with Crippen molar-refractivity contribution >= 4 is 0 Å². The van der Waals surface area contributed by atoms with Crippen molar-refractivity contribution in [3.05, 3.63) is 48.2 Å². The first-order chi connectivity index (χ1) is 9.24. The Bertz CT molecular complexity index is 722. The molecule has 2 heterocycles. The summed E-state index contributed by atoms with van der Waals surface area (Å²) in [6.07, 6.45) is 1.70. The number of aromatic nitrogens is 3. The maximum atomic E-state index is 9.74. The van der Waals surface area contributed by atoms with Crippen LogP contribution in [0.3, 0.4) is 0 Å². The number of pyridine rings is 1. The molecule has 0 amide bonds. The number of phenolic OH excluding ortho intramolecular Hbond substituents is 1. The number of rotatable bonds is 2. The van der Waals surface area contributed by atoms with Crippen molar-refractivity contribution in [2.24, 2.45) is 0 Å². The van der Waals surface area contributed by atoms with Gasteiger partial charge in [-0.3, -0.25) is 4.98 Å². The van der Waals surface area contributed by atoms with E-state index >= 15 is 0 Å². The minimum Gasteiger partial charge on any atom is -0.507 e. The van der Waals surface area contributed by atoms with Gasteiger partial charge in [0.2, 0.25) is 5.82 Å². The lowest BCUT2D eigenvalue weighted by Crippen LogP contribution is -1.86. The summed E-state index contributed by atoms with van der Waals surface area (Å²) in [4.78, 5) is 8.44. The first kappa shape index (κ1) is 11.4. The molecule has 0 aliphatic heterocycles. The second-order valence-electron chi connectivity index (χ2n) is 4.16. The molecule has 0 spiro atoms. The Hall–Kier alpha value is -2.69. The van der Waals surface area contributed by atoms with Gasteiger partial charge in [-0.25, -0.2) is 0 Å². The highest BCUT2D eigenvalue weighted by Gasteiger charge is 2.14. The highest BCUT2D eigenvalue weighted by Crippen LogP contribution is 2.28. The molecule has 19 heavy (non-hydrogen) atoms. The number of benzene rings is 1. The van der Waals surface area contributed by atoms with Gasteiger partial charge in [0.1, 0.15) is 11.4 Å². The van der Waals surface area contributed by atoms with E-state index in [4.69, 9.17) is 4.52 Å². The van der Waals surface area contributed by atoms with E-state index in [1.807, 2.05) is 19.1 Å². The summed E-state index contributed by atoms with van der Waals surface area (Å²) in [5.41, 5.74) is 2.22. The Morgan fingerprint density at radius 2 is 2.00 bits per heavy atom. The third-order valence-corrected chi connectivity index (χ3v) is 2.71. The molecule has 0 atom stereocenters. The molecule has 3 aromatic rings.